The maximum Gasteiger partial charge on any atom is 0.307 e. The Morgan fingerprint density at radius 3 is 1.23 bits per heavy atom. The molecule has 126 valence electrons. The van der Waals surface area contributed by atoms with Crippen LogP contribution in [0.15, 0.2) is 0 Å². The predicted octanol–water partition coefficient (Wildman–Crippen LogP) is 1.50. The minimum absolute atomic E-state index is 0.0135. The van der Waals surface area contributed by atoms with Crippen molar-refractivity contribution in [2.24, 2.45) is 11.8 Å². The number of carbonyl (C=O) groups is 4. The molecule has 0 saturated carbocycles. The lowest BCUT2D eigenvalue weighted by Gasteiger charge is -2.12. The van der Waals surface area contributed by atoms with Gasteiger partial charge in [0.15, 0.2) is 0 Å². The molecule has 8 nitrogen and oxygen atoms in total. The molecule has 0 fully saturated rings. The molecule has 0 aromatic heterocycles. The van der Waals surface area contributed by atoms with E-state index < -0.39 is 35.7 Å². The highest BCUT2D eigenvalue weighted by Gasteiger charge is 2.21. The van der Waals surface area contributed by atoms with Crippen LogP contribution in [0, 0.1) is 11.8 Å². The first-order chi connectivity index (χ1) is 10.2. The Morgan fingerprint density at radius 2 is 1.00 bits per heavy atom. The summed E-state index contributed by atoms with van der Waals surface area (Å²) >= 11 is 0. The van der Waals surface area contributed by atoms with Gasteiger partial charge in [0.25, 0.3) is 0 Å². The van der Waals surface area contributed by atoms with E-state index in [1.807, 2.05) is 0 Å². The zero-order valence-corrected chi connectivity index (χ0v) is 13.3. The number of carboxylic acids is 4. The maximum absolute atomic E-state index is 11.0. The van der Waals surface area contributed by atoms with Gasteiger partial charge < -0.3 is 20.4 Å². The minimum Gasteiger partial charge on any atom is -0.481 e. The van der Waals surface area contributed by atoms with Gasteiger partial charge in [0.2, 0.25) is 0 Å². The molecule has 10 heteroatoms. The van der Waals surface area contributed by atoms with Crippen LogP contribution in [0.3, 0.4) is 0 Å². The number of aliphatic carboxylic acids is 4. The van der Waals surface area contributed by atoms with Crippen LogP contribution in [-0.2, 0) is 19.2 Å². The largest absolute Gasteiger partial charge is 0.481 e. The fourth-order valence-corrected chi connectivity index (χ4v) is 4.11. The van der Waals surface area contributed by atoms with Gasteiger partial charge in [-0.05, 0) is 12.8 Å². The molecule has 0 heterocycles. The van der Waals surface area contributed by atoms with Gasteiger partial charge in [0.1, 0.15) is 0 Å². The molecule has 0 aromatic carbocycles. The number of carboxylic acid groups (broad SMARTS) is 4. The average Bonchev–Trinajstić information content (AvgIpc) is 2.39. The highest BCUT2D eigenvalue weighted by Crippen LogP contribution is 2.29. The third-order valence-corrected chi connectivity index (χ3v) is 5.29. The number of hydrogen-bond donors (Lipinski definition) is 4. The van der Waals surface area contributed by atoms with Crippen LogP contribution in [0.25, 0.3) is 0 Å². The van der Waals surface area contributed by atoms with Gasteiger partial charge >= 0.3 is 23.9 Å². The van der Waals surface area contributed by atoms with E-state index in [4.69, 9.17) is 20.4 Å². The Hall–Kier alpha value is -1.42. The van der Waals surface area contributed by atoms with E-state index in [1.165, 1.54) is 0 Å². The summed E-state index contributed by atoms with van der Waals surface area (Å²) in [7, 11) is 2.31. The lowest BCUT2D eigenvalue weighted by atomic mass is 10.1. The van der Waals surface area contributed by atoms with Crippen molar-refractivity contribution in [3.63, 3.8) is 0 Å². The monoisotopic (exact) mass is 354 g/mol. The van der Waals surface area contributed by atoms with Gasteiger partial charge in [-0.25, -0.2) is 0 Å². The predicted molar refractivity (Wildman–Crippen MR) is 80.9 cm³/mol. The maximum atomic E-state index is 11.0. The van der Waals surface area contributed by atoms with Crippen LogP contribution in [0.1, 0.15) is 25.7 Å². The van der Waals surface area contributed by atoms with Crippen molar-refractivity contribution in [2.45, 2.75) is 25.7 Å². The van der Waals surface area contributed by atoms with E-state index in [0.29, 0.717) is 0 Å². The molecule has 0 aliphatic heterocycles. The van der Waals surface area contributed by atoms with Gasteiger partial charge in [0.05, 0.1) is 11.8 Å². The topological polar surface area (TPSA) is 149 Å². The molecule has 22 heavy (non-hydrogen) atoms. The third kappa shape index (κ3) is 10.3. The first kappa shape index (κ1) is 20.6. The molecular formula is C12H18O8S2. The smallest absolute Gasteiger partial charge is 0.307 e. The molecule has 0 amide bonds. The van der Waals surface area contributed by atoms with Crippen molar-refractivity contribution in [2.75, 3.05) is 11.5 Å². The molecule has 2 atom stereocenters. The van der Waals surface area contributed by atoms with Crippen LogP contribution in [0.4, 0.5) is 0 Å². The Bertz CT molecular complexity index is 374. The summed E-state index contributed by atoms with van der Waals surface area (Å²) < 4.78 is 0. The van der Waals surface area contributed by atoms with Crippen molar-refractivity contribution in [3.05, 3.63) is 0 Å². The average molecular weight is 354 g/mol. The highest BCUT2D eigenvalue weighted by atomic mass is 33.1. The third-order valence-electron chi connectivity index (χ3n) is 2.73. The second-order valence-electron chi connectivity index (χ2n) is 4.50. The summed E-state index contributed by atoms with van der Waals surface area (Å²) in [5, 5.41) is 35.0. The van der Waals surface area contributed by atoms with Gasteiger partial charge in [-0.3, -0.25) is 19.2 Å². The Labute approximate surface area is 134 Å². The Morgan fingerprint density at radius 1 is 0.682 bits per heavy atom. The molecule has 0 saturated heterocycles. The SMILES string of the molecule is O=C(O)CCC(CSSCC(CCC(=O)O)C(=O)O)C(=O)O. The Kier molecular flexibility index (Phi) is 10.5. The molecule has 0 aromatic rings. The van der Waals surface area contributed by atoms with Gasteiger partial charge in [-0.2, -0.15) is 0 Å². The molecule has 0 spiro atoms. The summed E-state index contributed by atoms with van der Waals surface area (Å²) in [6, 6.07) is 0. The van der Waals surface area contributed by atoms with Gasteiger partial charge in [0, 0.05) is 24.3 Å². The van der Waals surface area contributed by atoms with Crippen LogP contribution in [0.5, 0.6) is 0 Å². The van der Waals surface area contributed by atoms with E-state index in [0.717, 1.165) is 21.6 Å². The normalized spacial score (nSPS) is 13.3. The molecule has 0 radical (unpaired) electrons. The van der Waals surface area contributed by atoms with Crippen LogP contribution in [0.2, 0.25) is 0 Å². The lowest BCUT2D eigenvalue weighted by Crippen LogP contribution is -2.19. The summed E-state index contributed by atoms with van der Waals surface area (Å²) in [6.45, 7) is 0. The van der Waals surface area contributed by atoms with E-state index in [-0.39, 0.29) is 37.2 Å². The summed E-state index contributed by atoms with van der Waals surface area (Å²) in [5.74, 6) is -5.60. The molecule has 4 N–H and O–H groups in total. The number of hydrogen-bond acceptors (Lipinski definition) is 6. The van der Waals surface area contributed by atoms with E-state index in [1.54, 1.807) is 0 Å². The van der Waals surface area contributed by atoms with Crippen molar-refractivity contribution < 1.29 is 39.6 Å². The standard InChI is InChI=1S/C12H18O8S2/c13-9(14)3-1-7(11(17)18)5-21-22-6-8(12(19)20)2-4-10(15)16/h7-8H,1-6H2,(H,13,14)(H,15,16)(H,17,18)(H,19,20). The van der Waals surface area contributed by atoms with Crippen LogP contribution in [-0.4, -0.2) is 55.8 Å². The molecular weight excluding hydrogens is 336 g/mol. The van der Waals surface area contributed by atoms with Crippen LogP contribution < -0.4 is 0 Å². The molecule has 0 rings (SSSR count). The quantitative estimate of drug-likeness (QED) is 0.283. The highest BCUT2D eigenvalue weighted by molar-refractivity contribution is 8.76. The fourth-order valence-electron chi connectivity index (χ4n) is 1.41. The molecule has 0 aliphatic rings. The van der Waals surface area contributed by atoms with Crippen molar-refractivity contribution in [1.29, 1.82) is 0 Å². The van der Waals surface area contributed by atoms with E-state index >= 15 is 0 Å². The Balaban J connectivity index is 4.12. The zero-order chi connectivity index (χ0) is 17.1. The van der Waals surface area contributed by atoms with Gasteiger partial charge in [-0.15, -0.1) is 0 Å². The second-order valence-corrected chi connectivity index (χ2v) is 7.06. The van der Waals surface area contributed by atoms with Crippen LogP contribution >= 0.6 is 21.6 Å². The molecule has 0 aliphatic carbocycles. The van der Waals surface area contributed by atoms with Crippen molar-refractivity contribution in [3.8, 4) is 0 Å². The van der Waals surface area contributed by atoms with E-state index in [9.17, 15) is 19.2 Å². The van der Waals surface area contributed by atoms with Crippen molar-refractivity contribution in [1.82, 2.24) is 0 Å². The minimum atomic E-state index is -1.09. The van der Waals surface area contributed by atoms with E-state index in [2.05, 4.69) is 0 Å². The first-order valence-electron chi connectivity index (χ1n) is 6.37. The molecule has 0 bridgehead atoms. The van der Waals surface area contributed by atoms with Crippen molar-refractivity contribution >= 4 is 45.5 Å². The summed E-state index contributed by atoms with van der Waals surface area (Å²) in [6.07, 6.45) is -0.448. The fraction of sp³-hybridized carbons (Fsp3) is 0.667. The molecule has 2 unspecified atom stereocenters. The summed E-state index contributed by atoms with van der Waals surface area (Å²) in [4.78, 5) is 42.8. The van der Waals surface area contributed by atoms with Gasteiger partial charge in [-0.1, -0.05) is 21.6 Å². The second kappa shape index (κ2) is 11.2. The summed E-state index contributed by atoms with van der Waals surface area (Å²) in [5.41, 5.74) is 0. The lowest BCUT2D eigenvalue weighted by molar-refractivity contribution is -0.143. The zero-order valence-electron chi connectivity index (χ0n) is 11.6. The number of rotatable bonds is 13. The first-order valence-corrected chi connectivity index (χ1v) is 8.86.